The van der Waals surface area contributed by atoms with Crippen molar-refractivity contribution in [3.63, 3.8) is 0 Å². The van der Waals surface area contributed by atoms with Crippen molar-refractivity contribution in [2.75, 3.05) is 46.6 Å². The van der Waals surface area contributed by atoms with Crippen LogP contribution in [0.15, 0.2) is 47.5 Å². The van der Waals surface area contributed by atoms with Gasteiger partial charge < -0.3 is 19.7 Å². The van der Waals surface area contributed by atoms with Crippen molar-refractivity contribution in [3.8, 4) is 5.75 Å². The summed E-state index contributed by atoms with van der Waals surface area (Å²) in [5.74, 6) is 1.40. The molecule has 0 unspecified atom stereocenters. The van der Waals surface area contributed by atoms with E-state index in [0.29, 0.717) is 19.6 Å². The Bertz CT molecular complexity index is 867. The number of hydrogen-bond donors (Lipinski definition) is 1. The molecule has 2 aromatic rings. The van der Waals surface area contributed by atoms with Gasteiger partial charge >= 0.3 is 0 Å². The van der Waals surface area contributed by atoms with Crippen LogP contribution in [0.3, 0.4) is 0 Å². The quantitative estimate of drug-likeness (QED) is 0.604. The highest BCUT2D eigenvalue weighted by molar-refractivity contribution is 5.80. The Hall–Kier alpha value is -2.64. The maximum absolute atomic E-state index is 13.9. The number of piperazine rings is 1. The van der Waals surface area contributed by atoms with E-state index in [0.717, 1.165) is 55.6 Å². The molecular formula is C23H29FN4O2. The van der Waals surface area contributed by atoms with Gasteiger partial charge in [-0.3, -0.25) is 9.89 Å². The summed E-state index contributed by atoms with van der Waals surface area (Å²) < 4.78 is 24.8. The monoisotopic (exact) mass is 412 g/mol. The molecule has 0 spiro atoms. The second-order valence-corrected chi connectivity index (χ2v) is 7.64. The molecule has 1 N–H and O–H groups in total. The summed E-state index contributed by atoms with van der Waals surface area (Å²) in [4.78, 5) is 9.20. The van der Waals surface area contributed by atoms with Crippen LogP contribution in [-0.2, 0) is 24.3 Å². The third-order valence-electron chi connectivity index (χ3n) is 5.56. The fourth-order valence-corrected chi connectivity index (χ4v) is 4.04. The lowest BCUT2D eigenvalue weighted by molar-refractivity contribution is -0.0172. The van der Waals surface area contributed by atoms with Crippen molar-refractivity contribution in [2.45, 2.75) is 19.6 Å². The topological polar surface area (TPSA) is 49.3 Å². The van der Waals surface area contributed by atoms with Crippen molar-refractivity contribution in [2.24, 2.45) is 4.99 Å². The number of guanidine groups is 1. The Balaban J connectivity index is 1.27. The van der Waals surface area contributed by atoms with E-state index >= 15 is 0 Å². The molecule has 0 bridgehead atoms. The first-order valence-corrected chi connectivity index (χ1v) is 10.5. The van der Waals surface area contributed by atoms with Crippen molar-refractivity contribution in [3.05, 3.63) is 65.0 Å². The summed E-state index contributed by atoms with van der Waals surface area (Å²) in [7, 11) is 1.81. The zero-order valence-electron chi connectivity index (χ0n) is 17.4. The largest absolute Gasteiger partial charge is 0.467 e. The van der Waals surface area contributed by atoms with Crippen LogP contribution in [-0.4, -0.2) is 62.3 Å². The van der Waals surface area contributed by atoms with E-state index in [2.05, 4.69) is 50.4 Å². The maximum atomic E-state index is 13.9. The summed E-state index contributed by atoms with van der Waals surface area (Å²) in [5.41, 5.74) is 2.98. The second-order valence-electron chi connectivity index (χ2n) is 7.64. The number of benzene rings is 2. The van der Waals surface area contributed by atoms with E-state index in [1.54, 1.807) is 6.07 Å². The van der Waals surface area contributed by atoms with Crippen LogP contribution in [0.2, 0.25) is 0 Å². The van der Waals surface area contributed by atoms with E-state index < -0.39 is 0 Å². The van der Waals surface area contributed by atoms with Gasteiger partial charge in [-0.15, -0.1) is 0 Å². The van der Waals surface area contributed by atoms with E-state index in [1.165, 1.54) is 11.6 Å². The summed E-state index contributed by atoms with van der Waals surface area (Å²) >= 11 is 0. The zero-order valence-corrected chi connectivity index (χ0v) is 17.4. The molecule has 6 nitrogen and oxygen atoms in total. The van der Waals surface area contributed by atoms with Gasteiger partial charge in [-0.05, 0) is 29.7 Å². The fourth-order valence-electron chi connectivity index (χ4n) is 4.04. The van der Waals surface area contributed by atoms with Crippen LogP contribution in [0.25, 0.3) is 0 Å². The second kappa shape index (κ2) is 9.91. The maximum Gasteiger partial charge on any atom is 0.193 e. The molecule has 160 valence electrons. The summed E-state index contributed by atoms with van der Waals surface area (Å²) in [6.07, 6.45) is 0.660. The molecule has 1 saturated heterocycles. The molecule has 0 aromatic heterocycles. The number of halogens is 1. The lowest BCUT2D eigenvalue weighted by Gasteiger charge is -2.36. The summed E-state index contributed by atoms with van der Waals surface area (Å²) in [6, 6.07) is 13.6. The minimum atomic E-state index is -0.253. The Morgan fingerprint density at radius 2 is 1.93 bits per heavy atom. The van der Waals surface area contributed by atoms with Gasteiger partial charge in [0.1, 0.15) is 11.6 Å². The predicted molar refractivity (Wildman–Crippen MR) is 115 cm³/mol. The number of nitrogens with one attached hydrogen (secondary N) is 1. The van der Waals surface area contributed by atoms with E-state index in [1.807, 2.05) is 7.05 Å². The van der Waals surface area contributed by atoms with Gasteiger partial charge in [0.05, 0.1) is 6.61 Å². The lowest BCUT2D eigenvalue weighted by atomic mass is 10.1. The van der Waals surface area contributed by atoms with Gasteiger partial charge in [-0.25, -0.2) is 4.39 Å². The Kier molecular flexibility index (Phi) is 6.81. The SMILES string of the molecule is CN=C(NCCc1cc(F)cc2c1OCOC2)N1CCN(Cc2ccccc2)CC1. The summed E-state index contributed by atoms with van der Waals surface area (Å²) in [5, 5.41) is 3.43. The van der Waals surface area contributed by atoms with Crippen LogP contribution < -0.4 is 10.1 Å². The highest BCUT2D eigenvalue weighted by atomic mass is 19.1. The molecule has 0 atom stereocenters. The molecule has 2 heterocycles. The molecule has 1 fully saturated rings. The Morgan fingerprint density at radius 1 is 1.13 bits per heavy atom. The number of ether oxygens (including phenoxy) is 2. The molecule has 0 aliphatic carbocycles. The van der Waals surface area contributed by atoms with Gasteiger partial charge in [-0.2, -0.15) is 0 Å². The lowest BCUT2D eigenvalue weighted by Crippen LogP contribution is -2.52. The van der Waals surface area contributed by atoms with Gasteiger partial charge in [0.2, 0.25) is 0 Å². The molecule has 2 aliphatic heterocycles. The fraction of sp³-hybridized carbons (Fsp3) is 0.435. The molecule has 4 rings (SSSR count). The Labute approximate surface area is 177 Å². The standard InChI is InChI=1S/C23H29FN4O2/c1-25-23(28-11-9-27(10-12-28)15-18-5-3-2-4-6-18)26-8-7-19-13-21(24)14-20-16-29-17-30-22(19)20/h2-6,13-14H,7-12,15-17H2,1H3,(H,25,26). The van der Waals surface area contributed by atoms with Crippen LogP contribution in [0.5, 0.6) is 5.75 Å². The average molecular weight is 413 g/mol. The van der Waals surface area contributed by atoms with Crippen molar-refractivity contribution < 1.29 is 13.9 Å². The minimum absolute atomic E-state index is 0.216. The van der Waals surface area contributed by atoms with Gasteiger partial charge in [0, 0.05) is 51.9 Å². The first kappa shape index (κ1) is 20.6. The number of aliphatic imine (C=N–C) groups is 1. The van der Waals surface area contributed by atoms with Crippen molar-refractivity contribution in [1.82, 2.24) is 15.1 Å². The van der Waals surface area contributed by atoms with Gasteiger partial charge in [0.25, 0.3) is 0 Å². The minimum Gasteiger partial charge on any atom is -0.467 e. The predicted octanol–water partition coefficient (Wildman–Crippen LogP) is 2.63. The third kappa shape index (κ3) is 5.09. The highest BCUT2D eigenvalue weighted by Gasteiger charge is 2.20. The van der Waals surface area contributed by atoms with E-state index in [4.69, 9.17) is 9.47 Å². The molecule has 0 radical (unpaired) electrons. The number of hydrogen-bond acceptors (Lipinski definition) is 4. The number of fused-ring (bicyclic) bond motifs is 1. The molecule has 0 saturated carbocycles. The normalized spacial score (nSPS) is 17.4. The average Bonchev–Trinajstić information content (AvgIpc) is 2.78. The first-order valence-electron chi connectivity index (χ1n) is 10.5. The molecule has 0 amide bonds. The van der Waals surface area contributed by atoms with Crippen LogP contribution in [0.1, 0.15) is 16.7 Å². The first-order chi connectivity index (χ1) is 14.7. The number of rotatable bonds is 5. The molecular weight excluding hydrogens is 383 g/mol. The molecule has 2 aliphatic rings. The molecule has 2 aromatic carbocycles. The van der Waals surface area contributed by atoms with E-state index in [-0.39, 0.29) is 12.6 Å². The number of nitrogens with zero attached hydrogens (tertiary/aromatic N) is 3. The van der Waals surface area contributed by atoms with Crippen LogP contribution >= 0.6 is 0 Å². The third-order valence-corrected chi connectivity index (χ3v) is 5.56. The van der Waals surface area contributed by atoms with E-state index in [9.17, 15) is 4.39 Å². The van der Waals surface area contributed by atoms with Crippen LogP contribution in [0.4, 0.5) is 4.39 Å². The molecule has 30 heavy (non-hydrogen) atoms. The van der Waals surface area contributed by atoms with Gasteiger partial charge in [-0.1, -0.05) is 30.3 Å². The van der Waals surface area contributed by atoms with Crippen molar-refractivity contribution >= 4 is 5.96 Å². The Morgan fingerprint density at radius 3 is 2.70 bits per heavy atom. The molecule has 7 heteroatoms. The smallest absolute Gasteiger partial charge is 0.193 e. The van der Waals surface area contributed by atoms with Gasteiger partial charge in [0.15, 0.2) is 12.8 Å². The highest BCUT2D eigenvalue weighted by Crippen LogP contribution is 2.29. The summed E-state index contributed by atoms with van der Waals surface area (Å²) in [6.45, 7) is 6.12. The van der Waals surface area contributed by atoms with Crippen LogP contribution in [0, 0.1) is 5.82 Å². The van der Waals surface area contributed by atoms with Crippen molar-refractivity contribution in [1.29, 1.82) is 0 Å². The zero-order chi connectivity index (χ0) is 20.8.